The first kappa shape index (κ1) is 15.0. The van der Waals surface area contributed by atoms with Crippen molar-refractivity contribution in [1.29, 1.82) is 0 Å². The zero-order valence-electron chi connectivity index (χ0n) is 10.8. The van der Waals surface area contributed by atoms with Crippen molar-refractivity contribution in [2.75, 3.05) is 13.2 Å². The predicted molar refractivity (Wildman–Crippen MR) is 65.4 cm³/mol. The Bertz CT molecular complexity index is 243. The molecule has 0 aromatic rings. The van der Waals surface area contributed by atoms with E-state index in [4.69, 9.17) is 13.9 Å². The molecule has 0 amide bonds. The quantitative estimate of drug-likeness (QED) is 0.300. The van der Waals surface area contributed by atoms with Crippen LogP contribution in [0.5, 0.6) is 0 Å². The average Bonchev–Trinajstić information content (AvgIpc) is 2.12. The van der Waals surface area contributed by atoms with E-state index in [0.29, 0.717) is 13.2 Å². The first-order valence-electron chi connectivity index (χ1n) is 5.59. The molecule has 0 rings (SSSR count). The van der Waals surface area contributed by atoms with Gasteiger partial charge in [0.2, 0.25) is 8.32 Å². The number of rotatable bonds is 7. The van der Waals surface area contributed by atoms with Crippen LogP contribution in [0.3, 0.4) is 0 Å². The SMILES string of the molecule is CCCO/C(=C\C(=O)OCC)O[Si](C)(C)C. The number of ether oxygens (including phenoxy) is 2. The Morgan fingerprint density at radius 2 is 1.81 bits per heavy atom. The molecule has 0 aliphatic rings. The Hall–Kier alpha value is -0.973. The van der Waals surface area contributed by atoms with Crippen molar-refractivity contribution in [3.8, 4) is 0 Å². The van der Waals surface area contributed by atoms with Crippen LogP contribution >= 0.6 is 0 Å². The summed E-state index contributed by atoms with van der Waals surface area (Å²) >= 11 is 0. The van der Waals surface area contributed by atoms with Crippen molar-refractivity contribution in [3.63, 3.8) is 0 Å². The normalized spacial score (nSPS) is 12.2. The van der Waals surface area contributed by atoms with Gasteiger partial charge in [-0.3, -0.25) is 0 Å². The van der Waals surface area contributed by atoms with Gasteiger partial charge in [-0.05, 0) is 33.0 Å². The van der Waals surface area contributed by atoms with Gasteiger partial charge >= 0.3 is 5.97 Å². The maximum atomic E-state index is 11.3. The topological polar surface area (TPSA) is 44.8 Å². The number of carbonyl (C=O) groups is 1. The van der Waals surface area contributed by atoms with Crippen molar-refractivity contribution in [2.24, 2.45) is 0 Å². The van der Waals surface area contributed by atoms with Gasteiger partial charge in [-0.2, -0.15) is 0 Å². The van der Waals surface area contributed by atoms with E-state index in [1.54, 1.807) is 6.92 Å². The third kappa shape index (κ3) is 8.34. The second-order valence-electron chi connectivity index (χ2n) is 4.28. The van der Waals surface area contributed by atoms with E-state index in [-0.39, 0.29) is 5.95 Å². The smallest absolute Gasteiger partial charge is 0.337 e. The zero-order chi connectivity index (χ0) is 12.6. The molecule has 0 aliphatic carbocycles. The summed E-state index contributed by atoms with van der Waals surface area (Å²) in [6, 6.07) is 0. The van der Waals surface area contributed by atoms with Crippen molar-refractivity contribution >= 4 is 14.3 Å². The maximum Gasteiger partial charge on any atom is 0.337 e. The number of esters is 1. The molecule has 0 N–H and O–H groups in total. The first-order chi connectivity index (χ1) is 7.39. The maximum absolute atomic E-state index is 11.3. The van der Waals surface area contributed by atoms with E-state index in [1.807, 2.05) is 26.6 Å². The third-order valence-corrected chi connectivity index (χ3v) is 2.19. The minimum Gasteiger partial charge on any atom is -0.520 e. The van der Waals surface area contributed by atoms with Crippen molar-refractivity contribution < 1.29 is 18.7 Å². The van der Waals surface area contributed by atoms with Gasteiger partial charge in [-0.15, -0.1) is 0 Å². The molecule has 0 saturated carbocycles. The lowest BCUT2D eigenvalue weighted by atomic mass is 10.5. The molecule has 5 heteroatoms. The van der Waals surface area contributed by atoms with Gasteiger partial charge in [0.1, 0.15) is 6.08 Å². The monoisotopic (exact) mass is 246 g/mol. The molecule has 0 heterocycles. The van der Waals surface area contributed by atoms with Crippen LogP contribution in [0.2, 0.25) is 19.6 Å². The highest BCUT2D eigenvalue weighted by atomic mass is 28.4. The molecule has 0 aliphatic heterocycles. The lowest BCUT2D eigenvalue weighted by Gasteiger charge is -2.21. The lowest BCUT2D eigenvalue weighted by Crippen LogP contribution is -2.26. The van der Waals surface area contributed by atoms with Gasteiger partial charge in [0.05, 0.1) is 13.2 Å². The summed E-state index contributed by atoms with van der Waals surface area (Å²) in [4.78, 5) is 11.3. The van der Waals surface area contributed by atoms with Gasteiger partial charge in [-0.1, -0.05) is 6.92 Å². The highest BCUT2D eigenvalue weighted by Crippen LogP contribution is 2.12. The molecule has 94 valence electrons. The molecule has 0 fully saturated rings. The van der Waals surface area contributed by atoms with E-state index < -0.39 is 14.3 Å². The summed E-state index contributed by atoms with van der Waals surface area (Å²) in [5, 5.41) is 0. The standard InChI is InChI=1S/C11H22O4Si/c1-6-8-14-11(15-16(3,4)5)9-10(12)13-7-2/h9H,6-8H2,1-5H3/b11-9+. The Kier molecular flexibility index (Phi) is 6.88. The van der Waals surface area contributed by atoms with Gasteiger partial charge < -0.3 is 13.9 Å². The highest BCUT2D eigenvalue weighted by molar-refractivity contribution is 6.70. The Morgan fingerprint density at radius 3 is 2.25 bits per heavy atom. The molecule has 0 bridgehead atoms. The number of carbonyl (C=O) groups excluding carboxylic acids is 1. The Morgan fingerprint density at radius 1 is 1.19 bits per heavy atom. The fraction of sp³-hybridized carbons (Fsp3) is 0.727. The van der Waals surface area contributed by atoms with E-state index in [9.17, 15) is 4.79 Å². The zero-order valence-corrected chi connectivity index (χ0v) is 11.8. The van der Waals surface area contributed by atoms with Crippen molar-refractivity contribution in [2.45, 2.75) is 39.9 Å². The molecular weight excluding hydrogens is 224 g/mol. The highest BCUT2D eigenvalue weighted by Gasteiger charge is 2.19. The fourth-order valence-electron chi connectivity index (χ4n) is 0.885. The van der Waals surface area contributed by atoms with E-state index in [0.717, 1.165) is 6.42 Å². The molecule has 0 aromatic heterocycles. The van der Waals surface area contributed by atoms with Crippen LogP contribution in [0.1, 0.15) is 20.3 Å². The molecule has 0 saturated heterocycles. The minimum atomic E-state index is -1.76. The van der Waals surface area contributed by atoms with E-state index >= 15 is 0 Å². The van der Waals surface area contributed by atoms with Crippen LogP contribution in [0.15, 0.2) is 12.0 Å². The van der Waals surface area contributed by atoms with Crippen LogP contribution in [-0.2, 0) is 18.7 Å². The molecule has 0 unspecified atom stereocenters. The molecular formula is C11H22O4Si. The number of hydrogen-bond donors (Lipinski definition) is 0. The average molecular weight is 246 g/mol. The summed E-state index contributed by atoms with van der Waals surface area (Å²) in [5.41, 5.74) is 0. The number of hydrogen-bond acceptors (Lipinski definition) is 4. The largest absolute Gasteiger partial charge is 0.520 e. The summed E-state index contributed by atoms with van der Waals surface area (Å²) < 4.78 is 15.8. The molecule has 4 nitrogen and oxygen atoms in total. The van der Waals surface area contributed by atoms with Crippen molar-refractivity contribution in [3.05, 3.63) is 12.0 Å². The van der Waals surface area contributed by atoms with Crippen LogP contribution in [0.25, 0.3) is 0 Å². The van der Waals surface area contributed by atoms with Crippen LogP contribution in [-0.4, -0.2) is 27.5 Å². The summed E-state index contributed by atoms with van der Waals surface area (Å²) in [6.45, 7) is 10.7. The second kappa shape index (κ2) is 7.32. The van der Waals surface area contributed by atoms with Crippen LogP contribution in [0, 0.1) is 0 Å². The predicted octanol–water partition coefficient (Wildman–Crippen LogP) is 2.67. The first-order valence-corrected chi connectivity index (χ1v) is 9.00. The Balaban J connectivity index is 4.46. The molecule has 16 heavy (non-hydrogen) atoms. The van der Waals surface area contributed by atoms with E-state index in [2.05, 4.69) is 0 Å². The fourth-order valence-corrected chi connectivity index (χ4v) is 1.61. The lowest BCUT2D eigenvalue weighted by molar-refractivity contribution is -0.137. The van der Waals surface area contributed by atoms with Crippen LogP contribution < -0.4 is 0 Å². The second-order valence-corrected chi connectivity index (χ2v) is 8.71. The Labute approximate surface area is 98.7 Å². The van der Waals surface area contributed by atoms with Crippen LogP contribution in [0.4, 0.5) is 0 Å². The van der Waals surface area contributed by atoms with Gasteiger partial charge in [0.25, 0.3) is 5.95 Å². The van der Waals surface area contributed by atoms with Crippen molar-refractivity contribution in [1.82, 2.24) is 0 Å². The van der Waals surface area contributed by atoms with Gasteiger partial charge in [0, 0.05) is 0 Å². The summed E-state index contributed by atoms with van der Waals surface area (Å²) in [6.07, 6.45) is 2.15. The minimum absolute atomic E-state index is 0.277. The molecule has 0 atom stereocenters. The van der Waals surface area contributed by atoms with Gasteiger partial charge in [0.15, 0.2) is 0 Å². The summed E-state index contributed by atoms with van der Waals surface area (Å²) in [5.74, 6) is -0.147. The summed E-state index contributed by atoms with van der Waals surface area (Å²) in [7, 11) is -1.76. The third-order valence-electron chi connectivity index (χ3n) is 1.38. The van der Waals surface area contributed by atoms with Gasteiger partial charge in [-0.25, -0.2) is 4.79 Å². The molecule has 0 aromatic carbocycles. The molecule has 0 radical (unpaired) electrons. The van der Waals surface area contributed by atoms with E-state index in [1.165, 1.54) is 6.08 Å². The molecule has 0 spiro atoms.